The molecule has 2 amide bonds. The molecule has 23 heavy (non-hydrogen) atoms. The summed E-state index contributed by atoms with van der Waals surface area (Å²) in [5, 5.41) is 5.98. The van der Waals surface area contributed by atoms with E-state index >= 15 is 0 Å². The normalized spacial score (nSPS) is 19.9. The second kappa shape index (κ2) is 7.66. The minimum absolute atomic E-state index is 0.0701. The van der Waals surface area contributed by atoms with Crippen molar-refractivity contribution in [3.63, 3.8) is 0 Å². The van der Waals surface area contributed by atoms with Gasteiger partial charge in [-0.15, -0.1) is 0 Å². The fraction of sp³-hybridized carbons (Fsp3) is 0.588. The maximum Gasteiger partial charge on any atom is 0.315 e. The van der Waals surface area contributed by atoms with Gasteiger partial charge in [-0.2, -0.15) is 0 Å². The number of hydrogen-bond donors (Lipinski definition) is 2. The Morgan fingerprint density at radius 1 is 1.30 bits per heavy atom. The number of morpholine rings is 1. The van der Waals surface area contributed by atoms with Crippen LogP contribution in [0.5, 0.6) is 5.75 Å². The number of hydrogen-bond acceptors (Lipinski definition) is 4. The monoisotopic (exact) mass is 319 g/mol. The van der Waals surface area contributed by atoms with E-state index in [4.69, 9.17) is 9.47 Å². The molecule has 1 atom stereocenters. The smallest absolute Gasteiger partial charge is 0.315 e. The molecular formula is C17H25N3O3. The van der Waals surface area contributed by atoms with Crippen molar-refractivity contribution in [2.45, 2.75) is 24.9 Å². The number of methoxy groups -OCH3 is 1. The minimum Gasteiger partial charge on any atom is -0.497 e. The number of urea groups is 1. The molecule has 1 saturated heterocycles. The molecule has 126 valence electrons. The van der Waals surface area contributed by atoms with Gasteiger partial charge in [0.1, 0.15) is 5.75 Å². The zero-order valence-electron chi connectivity index (χ0n) is 13.6. The fourth-order valence-electron chi connectivity index (χ4n) is 2.83. The molecule has 1 aromatic carbocycles. The summed E-state index contributed by atoms with van der Waals surface area (Å²) in [5.74, 6) is 0.842. The van der Waals surface area contributed by atoms with Gasteiger partial charge in [0.25, 0.3) is 0 Å². The van der Waals surface area contributed by atoms with Gasteiger partial charge in [0.05, 0.1) is 26.4 Å². The van der Waals surface area contributed by atoms with Crippen molar-refractivity contribution in [3.05, 3.63) is 29.8 Å². The molecule has 1 aliphatic carbocycles. The highest BCUT2D eigenvalue weighted by molar-refractivity contribution is 5.74. The molecule has 1 saturated carbocycles. The number of nitrogens with zero attached hydrogens (tertiary/aromatic N) is 1. The van der Waals surface area contributed by atoms with Gasteiger partial charge in [-0.1, -0.05) is 12.1 Å². The number of amides is 2. The quantitative estimate of drug-likeness (QED) is 0.835. The van der Waals surface area contributed by atoms with E-state index in [9.17, 15) is 4.79 Å². The molecule has 0 aromatic heterocycles. The summed E-state index contributed by atoms with van der Waals surface area (Å²) in [5.41, 5.74) is 1.18. The Hall–Kier alpha value is -1.79. The molecule has 0 spiro atoms. The molecule has 1 aliphatic heterocycles. The van der Waals surface area contributed by atoms with E-state index in [0.717, 1.165) is 44.9 Å². The van der Waals surface area contributed by atoms with Crippen LogP contribution in [0.2, 0.25) is 0 Å². The van der Waals surface area contributed by atoms with E-state index < -0.39 is 0 Å². The maximum absolute atomic E-state index is 11.9. The van der Waals surface area contributed by atoms with Crippen LogP contribution in [0.15, 0.2) is 24.3 Å². The van der Waals surface area contributed by atoms with Crippen LogP contribution < -0.4 is 15.4 Å². The van der Waals surface area contributed by atoms with Gasteiger partial charge in [-0.05, 0) is 30.5 Å². The number of nitrogens with one attached hydrogen (secondary N) is 2. The fourth-order valence-corrected chi connectivity index (χ4v) is 2.83. The highest BCUT2D eigenvalue weighted by Gasteiger charge is 2.26. The van der Waals surface area contributed by atoms with Gasteiger partial charge >= 0.3 is 6.03 Å². The summed E-state index contributed by atoms with van der Waals surface area (Å²) < 4.78 is 10.7. The summed E-state index contributed by atoms with van der Waals surface area (Å²) in [6.07, 6.45) is 2.19. The van der Waals surface area contributed by atoms with E-state index in [-0.39, 0.29) is 12.1 Å². The molecule has 2 N–H and O–H groups in total. The molecule has 2 aliphatic rings. The Morgan fingerprint density at radius 2 is 2.00 bits per heavy atom. The van der Waals surface area contributed by atoms with Gasteiger partial charge in [-0.25, -0.2) is 4.79 Å². The lowest BCUT2D eigenvalue weighted by atomic mass is 10.0. The number of rotatable bonds is 6. The van der Waals surface area contributed by atoms with Crippen molar-refractivity contribution < 1.29 is 14.3 Å². The molecule has 0 bridgehead atoms. The van der Waals surface area contributed by atoms with Crippen LogP contribution in [0, 0.1) is 0 Å². The summed E-state index contributed by atoms with van der Waals surface area (Å²) in [7, 11) is 1.66. The molecule has 1 unspecified atom stereocenters. The Bertz CT molecular complexity index is 510. The third-order valence-corrected chi connectivity index (χ3v) is 4.36. The first-order valence-corrected chi connectivity index (χ1v) is 8.26. The van der Waals surface area contributed by atoms with Gasteiger partial charge < -0.3 is 20.1 Å². The molecule has 1 heterocycles. The lowest BCUT2D eigenvalue weighted by Gasteiger charge is -2.35. The Kier molecular flexibility index (Phi) is 5.35. The largest absolute Gasteiger partial charge is 0.497 e. The van der Waals surface area contributed by atoms with Gasteiger partial charge in [0, 0.05) is 25.7 Å². The predicted molar refractivity (Wildman–Crippen MR) is 87.7 cm³/mol. The highest BCUT2D eigenvalue weighted by atomic mass is 16.5. The second-order valence-corrected chi connectivity index (χ2v) is 6.07. The van der Waals surface area contributed by atoms with Crippen LogP contribution >= 0.6 is 0 Å². The number of ether oxygens (including phenoxy) is 2. The predicted octanol–water partition coefficient (Wildman–Crippen LogP) is 1.53. The van der Waals surface area contributed by atoms with Crippen LogP contribution in [0.1, 0.15) is 24.4 Å². The summed E-state index contributed by atoms with van der Waals surface area (Å²) >= 11 is 0. The van der Waals surface area contributed by atoms with E-state index in [0.29, 0.717) is 12.6 Å². The van der Waals surface area contributed by atoms with Crippen LogP contribution in [-0.2, 0) is 4.74 Å². The number of carbonyl (C=O) groups excluding carboxylic acids is 1. The number of benzene rings is 1. The first kappa shape index (κ1) is 16.1. The lowest BCUT2D eigenvalue weighted by molar-refractivity contribution is 0.0167. The van der Waals surface area contributed by atoms with Crippen LogP contribution in [-0.4, -0.2) is 56.9 Å². The first-order chi connectivity index (χ1) is 11.3. The average molecular weight is 319 g/mol. The molecule has 2 fully saturated rings. The summed E-state index contributed by atoms with van der Waals surface area (Å²) in [4.78, 5) is 14.3. The average Bonchev–Trinajstić information content (AvgIpc) is 3.40. The molecule has 6 heteroatoms. The molecular weight excluding hydrogens is 294 g/mol. The van der Waals surface area contributed by atoms with Crippen LogP contribution in [0.25, 0.3) is 0 Å². The van der Waals surface area contributed by atoms with Crippen molar-refractivity contribution in [1.29, 1.82) is 0 Å². The van der Waals surface area contributed by atoms with Gasteiger partial charge in [-0.3, -0.25) is 4.90 Å². The van der Waals surface area contributed by atoms with Crippen molar-refractivity contribution in [1.82, 2.24) is 15.5 Å². The molecule has 1 aromatic rings. The number of carbonyl (C=O) groups is 1. The van der Waals surface area contributed by atoms with Crippen LogP contribution in [0.3, 0.4) is 0 Å². The molecule has 6 nitrogen and oxygen atoms in total. The first-order valence-electron chi connectivity index (χ1n) is 8.26. The zero-order chi connectivity index (χ0) is 16.1. The van der Waals surface area contributed by atoms with E-state index in [1.165, 1.54) is 5.56 Å². The van der Waals surface area contributed by atoms with E-state index in [2.05, 4.69) is 27.7 Å². The van der Waals surface area contributed by atoms with Crippen LogP contribution in [0.4, 0.5) is 4.79 Å². The Morgan fingerprint density at radius 3 is 2.61 bits per heavy atom. The van der Waals surface area contributed by atoms with Crippen molar-refractivity contribution in [3.8, 4) is 5.75 Å². The third kappa shape index (κ3) is 4.59. The van der Waals surface area contributed by atoms with E-state index in [1.54, 1.807) is 7.11 Å². The minimum atomic E-state index is -0.0701. The van der Waals surface area contributed by atoms with Crippen molar-refractivity contribution in [2.24, 2.45) is 0 Å². The van der Waals surface area contributed by atoms with Gasteiger partial charge in [0.15, 0.2) is 0 Å². The Balaban J connectivity index is 1.65. The third-order valence-electron chi connectivity index (χ3n) is 4.36. The molecule has 0 radical (unpaired) electrons. The summed E-state index contributed by atoms with van der Waals surface area (Å²) in [6.45, 7) is 3.82. The molecule has 3 rings (SSSR count). The topological polar surface area (TPSA) is 62.8 Å². The van der Waals surface area contributed by atoms with Gasteiger partial charge in [0.2, 0.25) is 0 Å². The Labute approximate surface area is 137 Å². The SMILES string of the molecule is COc1ccc(C(CNC(=O)NC2CC2)N2CCOCC2)cc1. The second-order valence-electron chi connectivity index (χ2n) is 6.07. The van der Waals surface area contributed by atoms with E-state index in [1.807, 2.05) is 12.1 Å². The maximum atomic E-state index is 11.9. The van der Waals surface area contributed by atoms with Crippen molar-refractivity contribution in [2.75, 3.05) is 40.0 Å². The van der Waals surface area contributed by atoms with Crippen molar-refractivity contribution >= 4 is 6.03 Å². The summed E-state index contributed by atoms with van der Waals surface area (Å²) in [6, 6.07) is 8.52. The zero-order valence-corrected chi connectivity index (χ0v) is 13.6. The standard InChI is InChI=1S/C17H25N3O3/c1-22-15-6-2-13(3-7-15)16(20-8-10-23-11-9-20)12-18-17(21)19-14-4-5-14/h2-3,6-7,14,16H,4-5,8-12H2,1H3,(H2,18,19,21). The highest BCUT2D eigenvalue weighted by Crippen LogP contribution is 2.24. The lowest BCUT2D eigenvalue weighted by Crippen LogP contribution is -2.46.